The second-order valence-electron chi connectivity index (χ2n) is 5.31. The molecule has 2 N–H and O–H groups in total. The molecular weight excluding hydrogens is 314 g/mol. The van der Waals surface area contributed by atoms with E-state index in [9.17, 15) is 4.79 Å². The molecule has 0 atom stereocenters. The third-order valence-corrected chi connectivity index (χ3v) is 3.76. The number of carbonyl (C=O) groups is 1. The fraction of sp³-hybridized carbons (Fsp3) is 0.412. The number of hydroxylamine groups is 1. The number of carbonyl (C=O) groups excluding carboxylic acids is 1. The Balaban J connectivity index is 2.26. The zero-order valence-corrected chi connectivity index (χ0v) is 14.2. The van der Waals surface area contributed by atoms with E-state index < -0.39 is 0 Å². The number of nitrogens with zero attached hydrogens (tertiary/aromatic N) is 1. The van der Waals surface area contributed by atoms with Crippen molar-refractivity contribution in [2.24, 2.45) is 0 Å². The average molecular weight is 336 g/mol. The summed E-state index contributed by atoms with van der Waals surface area (Å²) in [6, 6.07) is 7.91. The van der Waals surface area contributed by atoms with Gasteiger partial charge in [0, 0.05) is 36.5 Å². The normalized spacial score (nSPS) is 10.7. The van der Waals surface area contributed by atoms with E-state index in [4.69, 9.17) is 16.4 Å². The SMILES string of the molecule is CCCCNc1c(CCONC(C)=O)c(Cl)nc2ccccc12. The van der Waals surface area contributed by atoms with Gasteiger partial charge in [0.15, 0.2) is 0 Å². The lowest BCUT2D eigenvalue weighted by atomic mass is 10.1. The summed E-state index contributed by atoms with van der Waals surface area (Å²) >= 11 is 6.37. The van der Waals surface area contributed by atoms with Crippen molar-refractivity contribution in [3.8, 4) is 0 Å². The lowest BCUT2D eigenvalue weighted by Gasteiger charge is -2.16. The molecule has 2 aromatic rings. The van der Waals surface area contributed by atoms with Crippen molar-refractivity contribution < 1.29 is 9.63 Å². The highest BCUT2D eigenvalue weighted by atomic mass is 35.5. The Kier molecular flexibility index (Phi) is 6.62. The molecule has 5 nitrogen and oxygen atoms in total. The standard InChI is InChI=1S/C17H22ClN3O2/c1-3-4-10-19-16-13-7-5-6-8-15(13)20-17(18)14(16)9-11-23-21-12(2)22/h5-8H,3-4,9-11H2,1-2H3,(H,19,20)(H,21,22). The van der Waals surface area contributed by atoms with Gasteiger partial charge in [-0.25, -0.2) is 10.5 Å². The van der Waals surface area contributed by atoms with E-state index in [1.807, 2.05) is 24.3 Å². The van der Waals surface area contributed by atoms with Crippen LogP contribution in [0.1, 0.15) is 32.3 Å². The maximum atomic E-state index is 10.9. The van der Waals surface area contributed by atoms with E-state index in [2.05, 4.69) is 22.7 Å². The topological polar surface area (TPSA) is 63.2 Å². The van der Waals surface area contributed by atoms with E-state index in [0.717, 1.165) is 41.5 Å². The van der Waals surface area contributed by atoms with Gasteiger partial charge >= 0.3 is 0 Å². The van der Waals surface area contributed by atoms with Crippen LogP contribution in [0, 0.1) is 0 Å². The Labute approximate surface area is 141 Å². The van der Waals surface area contributed by atoms with Crippen LogP contribution >= 0.6 is 11.6 Å². The smallest absolute Gasteiger partial charge is 0.240 e. The monoisotopic (exact) mass is 335 g/mol. The van der Waals surface area contributed by atoms with Crippen molar-refractivity contribution in [3.05, 3.63) is 35.0 Å². The number of pyridine rings is 1. The van der Waals surface area contributed by atoms with Gasteiger partial charge < -0.3 is 5.32 Å². The Hall–Kier alpha value is -1.85. The number of unbranched alkanes of at least 4 members (excludes halogenated alkanes) is 1. The molecule has 0 saturated carbocycles. The molecular formula is C17H22ClN3O2. The number of hydrogen-bond acceptors (Lipinski definition) is 4. The highest BCUT2D eigenvalue weighted by Gasteiger charge is 2.13. The summed E-state index contributed by atoms with van der Waals surface area (Å²) in [5.74, 6) is -0.228. The van der Waals surface area contributed by atoms with Crippen LogP contribution in [0.4, 0.5) is 5.69 Å². The number of anilines is 1. The minimum absolute atomic E-state index is 0.228. The van der Waals surface area contributed by atoms with Gasteiger partial charge in [0.1, 0.15) is 5.15 Å². The molecule has 0 fully saturated rings. The minimum Gasteiger partial charge on any atom is -0.384 e. The molecule has 1 aromatic heterocycles. The molecule has 124 valence electrons. The highest BCUT2D eigenvalue weighted by Crippen LogP contribution is 2.31. The Morgan fingerprint density at radius 1 is 1.35 bits per heavy atom. The van der Waals surface area contributed by atoms with Crippen molar-refractivity contribution in [1.82, 2.24) is 10.5 Å². The van der Waals surface area contributed by atoms with Crippen LogP contribution in [0.25, 0.3) is 10.9 Å². The summed E-state index contributed by atoms with van der Waals surface area (Å²) in [5.41, 5.74) is 5.09. The first-order valence-electron chi connectivity index (χ1n) is 7.82. The Morgan fingerprint density at radius 3 is 2.87 bits per heavy atom. The van der Waals surface area contributed by atoms with E-state index in [0.29, 0.717) is 18.2 Å². The number of hydrogen-bond donors (Lipinski definition) is 2. The third-order valence-electron chi connectivity index (χ3n) is 3.44. The number of halogens is 1. The molecule has 6 heteroatoms. The van der Waals surface area contributed by atoms with E-state index in [1.54, 1.807) is 0 Å². The summed E-state index contributed by atoms with van der Waals surface area (Å²) in [6.45, 7) is 4.77. The largest absolute Gasteiger partial charge is 0.384 e. The molecule has 0 spiro atoms. The molecule has 2 rings (SSSR count). The number of nitrogens with one attached hydrogen (secondary N) is 2. The predicted molar refractivity (Wildman–Crippen MR) is 93.6 cm³/mol. The van der Waals surface area contributed by atoms with E-state index in [-0.39, 0.29) is 5.91 Å². The van der Waals surface area contributed by atoms with Crippen LogP contribution in [-0.2, 0) is 16.1 Å². The first kappa shape index (κ1) is 17.5. The minimum atomic E-state index is -0.228. The third kappa shape index (κ3) is 4.81. The molecule has 0 radical (unpaired) electrons. The molecule has 0 aliphatic heterocycles. The second-order valence-corrected chi connectivity index (χ2v) is 5.67. The fourth-order valence-electron chi connectivity index (χ4n) is 2.35. The predicted octanol–water partition coefficient (Wildman–Crippen LogP) is 3.71. The number of benzene rings is 1. The lowest BCUT2D eigenvalue weighted by molar-refractivity contribution is -0.131. The van der Waals surface area contributed by atoms with Crippen LogP contribution in [0.15, 0.2) is 24.3 Å². The van der Waals surface area contributed by atoms with Crippen LogP contribution < -0.4 is 10.8 Å². The summed E-state index contributed by atoms with van der Waals surface area (Å²) in [4.78, 5) is 20.4. The molecule has 1 amide bonds. The summed E-state index contributed by atoms with van der Waals surface area (Å²) in [7, 11) is 0. The summed E-state index contributed by atoms with van der Waals surface area (Å²) in [5, 5.41) is 4.99. The summed E-state index contributed by atoms with van der Waals surface area (Å²) in [6.07, 6.45) is 2.76. The van der Waals surface area contributed by atoms with Gasteiger partial charge in [-0.3, -0.25) is 9.63 Å². The van der Waals surface area contributed by atoms with Gasteiger partial charge in [-0.2, -0.15) is 0 Å². The Bertz CT molecular complexity index is 676. The first-order chi connectivity index (χ1) is 11.1. The van der Waals surface area contributed by atoms with Gasteiger partial charge in [0.2, 0.25) is 5.91 Å². The zero-order chi connectivity index (χ0) is 16.7. The molecule has 0 aliphatic rings. The maximum absolute atomic E-state index is 10.9. The van der Waals surface area contributed by atoms with E-state index in [1.165, 1.54) is 6.92 Å². The van der Waals surface area contributed by atoms with Gasteiger partial charge in [-0.1, -0.05) is 43.1 Å². The highest BCUT2D eigenvalue weighted by molar-refractivity contribution is 6.31. The van der Waals surface area contributed by atoms with Crippen molar-refractivity contribution in [2.45, 2.75) is 33.1 Å². The number of para-hydroxylation sites is 1. The Morgan fingerprint density at radius 2 is 2.13 bits per heavy atom. The molecule has 0 bridgehead atoms. The van der Waals surface area contributed by atoms with Crippen molar-refractivity contribution in [1.29, 1.82) is 0 Å². The molecule has 23 heavy (non-hydrogen) atoms. The van der Waals surface area contributed by atoms with Gasteiger partial charge in [0.05, 0.1) is 12.1 Å². The second kappa shape index (κ2) is 8.70. The molecule has 1 aromatic carbocycles. The number of rotatable bonds is 8. The lowest BCUT2D eigenvalue weighted by Crippen LogP contribution is -2.21. The molecule has 0 aliphatic carbocycles. The van der Waals surface area contributed by atoms with Crippen LogP contribution in [0.5, 0.6) is 0 Å². The van der Waals surface area contributed by atoms with Crippen LogP contribution in [0.3, 0.4) is 0 Å². The quantitative estimate of drug-likeness (QED) is 0.438. The van der Waals surface area contributed by atoms with Gasteiger partial charge in [0.25, 0.3) is 0 Å². The van der Waals surface area contributed by atoms with Gasteiger partial charge in [-0.05, 0) is 12.5 Å². The maximum Gasteiger partial charge on any atom is 0.240 e. The van der Waals surface area contributed by atoms with Crippen molar-refractivity contribution in [2.75, 3.05) is 18.5 Å². The van der Waals surface area contributed by atoms with Crippen LogP contribution in [-0.4, -0.2) is 24.0 Å². The van der Waals surface area contributed by atoms with Gasteiger partial charge in [-0.15, -0.1) is 0 Å². The molecule has 1 heterocycles. The van der Waals surface area contributed by atoms with Crippen LogP contribution in [0.2, 0.25) is 5.15 Å². The number of aromatic nitrogens is 1. The zero-order valence-electron chi connectivity index (χ0n) is 13.5. The van der Waals surface area contributed by atoms with Crippen molar-refractivity contribution in [3.63, 3.8) is 0 Å². The first-order valence-corrected chi connectivity index (χ1v) is 8.20. The number of fused-ring (bicyclic) bond motifs is 1. The molecule has 0 unspecified atom stereocenters. The summed E-state index contributed by atoms with van der Waals surface area (Å²) < 4.78 is 0. The van der Waals surface area contributed by atoms with Crippen molar-refractivity contribution >= 4 is 34.1 Å². The number of amides is 1. The average Bonchev–Trinajstić information content (AvgIpc) is 2.53. The molecule has 0 saturated heterocycles. The fourth-order valence-corrected chi connectivity index (χ4v) is 2.63. The van der Waals surface area contributed by atoms with E-state index >= 15 is 0 Å².